The first kappa shape index (κ1) is 17.4. The number of phenolic OH excluding ortho intramolecular Hbond substituents is 1. The average molecular weight is 354 g/mol. The average Bonchev–Trinajstić information content (AvgIpc) is 2.57. The van der Waals surface area contributed by atoms with Crippen LogP contribution in [-0.4, -0.2) is 24.2 Å². The van der Waals surface area contributed by atoms with Crippen LogP contribution in [0.15, 0.2) is 36.4 Å². The number of aromatic hydroxyl groups is 1. The van der Waals surface area contributed by atoms with Crippen LogP contribution >= 0.6 is 23.2 Å². The van der Waals surface area contributed by atoms with E-state index in [2.05, 4.69) is 5.32 Å². The molecule has 2 aromatic rings. The maximum atomic E-state index is 12.0. The standard InChI is InChI=1S/C17H17Cl2NO3/c1-10-12(18)9-13(16(21)15(10)19)20-14(17(22)23-2)8-11-6-4-3-5-7-11/h3-7,9,14,20-21H,8H2,1-2H3/t14-/m1/s1. The molecule has 0 heterocycles. The predicted molar refractivity (Wildman–Crippen MR) is 92.4 cm³/mol. The van der Waals surface area contributed by atoms with Crippen LogP contribution in [0.2, 0.25) is 10.0 Å². The molecule has 0 spiro atoms. The summed E-state index contributed by atoms with van der Waals surface area (Å²) in [5, 5.41) is 13.7. The highest BCUT2D eigenvalue weighted by Crippen LogP contribution is 2.39. The molecule has 0 radical (unpaired) electrons. The summed E-state index contributed by atoms with van der Waals surface area (Å²) in [4.78, 5) is 12.0. The first-order valence-corrected chi connectivity index (χ1v) is 7.75. The van der Waals surface area contributed by atoms with E-state index in [1.807, 2.05) is 30.3 Å². The van der Waals surface area contributed by atoms with Gasteiger partial charge in [-0.3, -0.25) is 0 Å². The van der Waals surface area contributed by atoms with E-state index < -0.39 is 12.0 Å². The lowest BCUT2D eigenvalue weighted by Gasteiger charge is -2.20. The van der Waals surface area contributed by atoms with Crippen LogP contribution in [0.4, 0.5) is 5.69 Å². The highest BCUT2D eigenvalue weighted by atomic mass is 35.5. The molecule has 0 aliphatic heterocycles. The Balaban J connectivity index is 2.30. The number of carbonyl (C=O) groups excluding carboxylic acids is 1. The second-order valence-electron chi connectivity index (χ2n) is 5.10. The van der Waals surface area contributed by atoms with Gasteiger partial charge >= 0.3 is 5.97 Å². The maximum absolute atomic E-state index is 12.0. The van der Waals surface area contributed by atoms with Crippen molar-refractivity contribution in [3.8, 4) is 5.75 Å². The van der Waals surface area contributed by atoms with Crippen molar-refractivity contribution in [3.63, 3.8) is 0 Å². The molecule has 0 unspecified atom stereocenters. The predicted octanol–water partition coefficient (Wildman–Crippen LogP) is 4.20. The largest absolute Gasteiger partial charge is 0.504 e. The fourth-order valence-electron chi connectivity index (χ4n) is 2.19. The Kier molecular flexibility index (Phi) is 5.74. The van der Waals surface area contributed by atoms with Crippen LogP contribution in [0.25, 0.3) is 0 Å². The fraction of sp³-hybridized carbons (Fsp3) is 0.235. The lowest BCUT2D eigenvalue weighted by molar-refractivity contribution is -0.141. The number of halogens is 2. The molecule has 0 saturated carbocycles. The third kappa shape index (κ3) is 4.09. The van der Waals surface area contributed by atoms with Crippen molar-refractivity contribution in [2.75, 3.05) is 12.4 Å². The Labute approximate surface area is 145 Å². The number of hydrogen-bond donors (Lipinski definition) is 2. The van der Waals surface area contributed by atoms with Crippen LogP contribution < -0.4 is 5.32 Å². The topological polar surface area (TPSA) is 58.6 Å². The summed E-state index contributed by atoms with van der Waals surface area (Å²) in [6.45, 7) is 1.70. The van der Waals surface area contributed by atoms with Gasteiger partial charge in [0.05, 0.1) is 17.8 Å². The first-order chi connectivity index (χ1) is 10.9. The van der Waals surface area contributed by atoms with Crippen LogP contribution in [0.1, 0.15) is 11.1 Å². The second kappa shape index (κ2) is 7.57. The molecule has 0 fully saturated rings. The Hall–Kier alpha value is -1.91. The Morgan fingerprint density at radius 2 is 1.96 bits per heavy atom. The van der Waals surface area contributed by atoms with Crippen LogP contribution in [0.3, 0.4) is 0 Å². The molecular weight excluding hydrogens is 337 g/mol. The van der Waals surface area contributed by atoms with E-state index in [1.54, 1.807) is 13.0 Å². The molecule has 4 nitrogen and oxygen atoms in total. The summed E-state index contributed by atoms with van der Waals surface area (Å²) in [5.74, 6) is -0.586. The summed E-state index contributed by atoms with van der Waals surface area (Å²) in [7, 11) is 1.32. The van der Waals surface area contributed by atoms with E-state index in [0.29, 0.717) is 17.0 Å². The number of carbonyl (C=O) groups is 1. The molecule has 2 N–H and O–H groups in total. The van der Waals surface area contributed by atoms with Gasteiger partial charge in [0.2, 0.25) is 0 Å². The SMILES string of the molecule is COC(=O)[C@@H](Cc1ccccc1)Nc1cc(Cl)c(C)c(Cl)c1O. The van der Waals surface area contributed by atoms with Gasteiger partial charge in [-0.05, 0) is 24.1 Å². The molecule has 0 amide bonds. The summed E-state index contributed by atoms with van der Waals surface area (Å²) < 4.78 is 4.83. The van der Waals surface area contributed by atoms with Crippen molar-refractivity contribution in [1.29, 1.82) is 0 Å². The molecule has 0 aliphatic carbocycles. The molecule has 2 rings (SSSR count). The third-order valence-electron chi connectivity index (χ3n) is 3.52. The zero-order valence-electron chi connectivity index (χ0n) is 12.8. The van der Waals surface area contributed by atoms with E-state index in [-0.39, 0.29) is 16.5 Å². The highest BCUT2D eigenvalue weighted by molar-refractivity contribution is 6.37. The van der Waals surface area contributed by atoms with Crippen LogP contribution in [-0.2, 0) is 16.0 Å². The highest BCUT2D eigenvalue weighted by Gasteiger charge is 2.22. The minimum Gasteiger partial charge on any atom is -0.504 e. The number of phenols is 1. The Bertz CT molecular complexity index is 705. The number of nitrogens with one attached hydrogen (secondary N) is 1. The minimum absolute atomic E-state index is 0.143. The number of benzene rings is 2. The first-order valence-electron chi connectivity index (χ1n) is 7.00. The maximum Gasteiger partial charge on any atom is 0.328 e. The lowest BCUT2D eigenvalue weighted by Crippen LogP contribution is -2.32. The van der Waals surface area contributed by atoms with Gasteiger partial charge in [0.1, 0.15) is 6.04 Å². The van der Waals surface area contributed by atoms with Crippen molar-refractivity contribution < 1.29 is 14.6 Å². The normalized spacial score (nSPS) is 11.8. The molecule has 23 heavy (non-hydrogen) atoms. The summed E-state index contributed by atoms with van der Waals surface area (Å²) in [5.41, 5.74) is 1.82. The van der Waals surface area contributed by atoms with Crippen molar-refractivity contribution in [2.24, 2.45) is 0 Å². The van der Waals surface area contributed by atoms with Crippen molar-refractivity contribution in [3.05, 3.63) is 57.6 Å². The Morgan fingerprint density at radius 1 is 1.30 bits per heavy atom. The number of esters is 1. The second-order valence-corrected chi connectivity index (χ2v) is 5.89. The van der Waals surface area contributed by atoms with Crippen molar-refractivity contribution in [1.82, 2.24) is 0 Å². The van der Waals surface area contributed by atoms with Gasteiger partial charge < -0.3 is 15.2 Å². The zero-order valence-corrected chi connectivity index (χ0v) is 14.3. The quantitative estimate of drug-likeness (QED) is 0.624. The molecule has 6 heteroatoms. The smallest absolute Gasteiger partial charge is 0.328 e. The van der Waals surface area contributed by atoms with Gasteiger partial charge in [-0.1, -0.05) is 53.5 Å². The van der Waals surface area contributed by atoms with Crippen LogP contribution in [0.5, 0.6) is 5.75 Å². The number of ether oxygens (including phenoxy) is 1. The van der Waals surface area contributed by atoms with Gasteiger partial charge in [0, 0.05) is 11.4 Å². The summed E-state index contributed by atoms with van der Waals surface area (Å²) >= 11 is 12.2. The number of rotatable bonds is 5. The van der Waals surface area contributed by atoms with E-state index >= 15 is 0 Å². The van der Waals surface area contributed by atoms with Crippen molar-refractivity contribution in [2.45, 2.75) is 19.4 Å². The zero-order chi connectivity index (χ0) is 17.0. The van der Waals surface area contributed by atoms with E-state index in [9.17, 15) is 9.90 Å². The van der Waals surface area contributed by atoms with Gasteiger partial charge in [0.25, 0.3) is 0 Å². The van der Waals surface area contributed by atoms with Gasteiger partial charge in [-0.25, -0.2) is 4.79 Å². The Morgan fingerprint density at radius 3 is 2.57 bits per heavy atom. The molecule has 2 aromatic carbocycles. The molecule has 0 bridgehead atoms. The lowest BCUT2D eigenvalue weighted by atomic mass is 10.1. The molecule has 0 saturated heterocycles. The van der Waals surface area contributed by atoms with Gasteiger partial charge in [-0.15, -0.1) is 0 Å². The third-order valence-corrected chi connectivity index (χ3v) is 4.37. The van der Waals surface area contributed by atoms with E-state index in [1.165, 1.54) is 7.11 Å². The number of hydrogen-bond acceptors (Lipinski definition) is 4. The van der Waals surface area contributed by atoms with Crippen molar-refractivity contribution >= 4 is 34.9 Å². The monoisotopic (exact) mass is 353 g/mol. The molecular formula is C17H17Cl2NO3. The van der Waals surface area contributed by atoms with E-state index in [0.717, 1.165) is 5.56 Å². The molecule has 0 aliphatic rings. The van der Waals surface area contributed by atoms with E-state index in [4.69, 9.17) is 27.9 Å². The summed E-state index contributed by atoms with van der Waals surface area (Å²) in [6, 6.07) is 10.4. The fourth-order valence-corrected chi connectivity index (χ4v) is 2.64. The minimum atomic E-state index is -0.678. The van der Waals surface area contributed by atoms with Gasteiger partial charge in [-0.2, -0.15) is 0 Å². The molecule has 1 atom stereocenters. The molecule has 0 aromatic heterocycles. The summed E-state index contributed by atoms with van der Waals surface area (Å²) in [6.07, 6.45) is 0.399. The van der Waals surface area contributed by atoms with Crippen LogP contribution in [0, 0.1) is 6.92 Å². The van der Waals surface area contributed by atoms with Gasteiger partial charge in [0.15, 0.2) is 5.75 Å². The number of methoxy groups -OCH3 is 1. The number of anilines is 1. The molecule has 122 valence electrons.